The van der Waals surface area contributed by atoms with Gasteiger partial charge < -0.3 is 4.74 Å². The number of carbonyl (C=O) groups excluding carboxylic acids is 1. The number of ether oxygens (including phenoxy) is 1. The van der Waals surface area contributed by atoms with Crippen molar-refractivity contribution in [2.45, 2.75) is 51.0 Å². The summed E-state index contributed by atoms with van der Waals surface area (Å²) in [5, 5.41) is 11.3. The summed E-state index contributed by atoms with van der Waals surface area (Å²) >= 11 is 0. The quantitative estimate of drug-likeness (QED) is 0.485. The Morgan fingerprint density at radius 1 is 1.38 bits per heavy atom. The minimum Gasteiger partial charge on any atom is -0.461 e. The highest BCUT2D eigenvalue weighted by Crippen LogP contribution is 2.54. The van der Waals surface area contributed by atoms with E-state index in [1.165, 1.54) is 0 Å². The second-order valence-electron chi connectivity index (χ2n) is 6.53. The molecule has 1 aliphatic rings. The first-order chi connectivity index (χ1) is 9.73. The van der Waals surface area contributed by atoms with Crippen LogP contribution in [0.4, 0.5) is 0 Å². The SMILES string of the molecule is CCOC(=O)C1([N+](=O)[O-])CC1c1ccc(C(C)(C)C)cc1. The van der Waals surface area contributed by atoms with Crippen molar-refractivity contribution in [3.8, 4) is 0 Å². The highest BCUT2D eigenvalue weighted by atomic mass is 16.6. The van der Waals surface area contributed by atoms with Gasteiger partial charge in [0, 0.05) is 11.3 Å². The van der Waals surface area contributed by atoms with Crippen molar-refractivity contribution < 1.29 is 14.5 Å². The van der Waals surface area contributed by atoms with Crippen LogP contribution in [0.5, 0.6) is 0 Å². The van der Waals surface area contributed by atoms with Gasteiger partial charge in [0.1, 0.15) is 0 Å². The van der Waals surface area contributed by atoms with Crippen LogP contribution in [0.1, 0.15) is 51.2 Å². The van der Waals surface area contributed by atoms with Gasteiger partial charge in [-0.2, -0.15) is 0 Å². The van der Waals surface area contributed by atoms with Gasteiger partial charge in [-0.15, -0.1) is 0 Å². The molecule has 0 amide bonds. The summed E-state index contributed by atoms with van der Waals surface area (Å²) in [5.41, 5.74) is 0.436. The zero-order valence-corrected chi connectivity index (χ0v) is 12.9. The lowest BCUT2D eigenvalue weighted by molar-refractivity contribution is -0.527. The van der Waals surface area contributed by atoms with Crippen LogP contribution in [-0.2, 0) is 14.9 Å². The molecule has 2 atom stereocenters. The predicted octanol–water partition coefficient (Wildman–Crippen LogP) is 3.05. The Balaban J connectivity index is 2.24. The predicted molar refractivity (Wildman–Crippen MR) is 78.9 cm³/mol. The number of hydrogen-bond acceptors (Lipinski definition) is 4. The van der Waals surface area contributed by atoms with E-state index in [1.54, 1.807) is 6.92 Å². The summed E-state index contributed by atoms with van der Waals surface area (Å²) in [7, 11) is 0. The van der Waals surface area contributed by atoms with E-state index in [1.807, 2.05) is 24.3 Å². The van der Waals surface area contributed by atoms with Crippen LogP contribution in [-0.4, -0.2) is 23.0 Å². The van der Waals surface area contributed by atoms with Crippen LogP contribution in [0.15, 0.2) is 24.3 Å². The lowest BCUT2D eigenvalue weighted by Crippen LogP contribution is -2.35. The molecule has 2 unspecified atom stereocenters. The van der Waals surface area contributed by atoms with Gasteiger partial charge in [0.15, 0.2) is 0 Å². The third-order valence-electron chi connectivity index (χ3n) is 4.07. The molecule has 0 bridgehead atoms. The van der Waals surface area contributed by atoms with E-state index in [2.05, 4.69) is 20.8 Å². The van der Waals surface area contributed by atoms with Gasteiger partial charge in [-0.3, -0.25) is 10.1 Å². The van der Waals surface area contributed by atoms with Gasteiger partial charge in [0.25, 0.3) is 0 Å². The number of nitrogens with zero attached hydrogens (tertiary/aromatic N) is 1. The molecular weight excluding hydrogens is 270 g/mol. The fraction of sp³-hybridized carbons (Fsp3) is 0.562. The first-order valence-corrected chi connectivity index (χ1v) is 7.15. The number of carbonyl (C=O) groups is 1. The van der Waals surface area contributed by atoms with Gasteiger partial charge >= 0.3 is 11.5 Å². The molecule has 1 saturated carbocycles. The molecule has 1 fully saturated rings. The third kappa shape index (κ3) is 2.64. The first kappa shape index (κ1) is 15.5. The topological polar surface area (TPSA) is 69.4 Å². The molecule has 0 spiro atoms. The zero-order chi connectivity index (χ0) is 15.8. The molecule has 0 N–H and O–H groups in total. The highest BCUT2D eigenvalue weighted by molar-refractivity contribution is 5.85. The normalized spacial score (nSPS) is 24.5. The molecule has 2 rings (SSSR count). The minimum atomic E-state index is -1.58. The van der Waals surface area contributed by atoms with Crippen molar-refractivity contribution in [3.05, 3.63) is 45.5 Å². The highest BCUT2D eigenvalue weighted by Gasteiger charge is 2.74. The minimum absolute atomic E-state index is 0.0312. The molecule has 5 nitrogen and oxygen atoms in total. The fourth-order valence-electron chi connectivity index (χ4n) is 2.62. The summed E-state index contributed by atoms with van der Waals surface area (Å²) in [6.07, 6.45) is 0.216. The Kier molecular flexibility index (Phi) is 3.78. The third-order valence-corrected chi connectivity index (χ3v) is 4.07. The van der Waals surface area contributed by atoms with Crippen molar-refractivity contribution in [3.63, 3.8) is 0 Å². The Hall–Kier alpha value is -1.91. The van der Waals surface area contributed by atoms with Crippen LogP contribution in [0.3, 0.4) is 0 Å². The van der Waals surface area contributed by atoms with Gasteiger partial charge in [-0.25, -0.2) is 4.79 Å². The molecule has 1 aromatic rings. The second-order valence-corrected chi connectivity index (χ2v) is 6.53. The zero-order valence-electron chi connectivity index (χ0n) is 12.9. The van der Waals surface area contributed by atoms with E-state index in [-0.39, 0.29) is 24.4 Å². The molecule has 1 aromatic carbocycles. The van der Waals surface area contributed by atoms with Gasteiger partial charge in [0.05, 0.1) is 12.5 Å². The van der Waals surface area contributed by atoms with E-state index in [0.717, 1.165) is 11.1 Å². The number of benzene rings is 1. The van der Waals surface area contributed by atoms with Crippen LogP contribution in [0.25, 0.3) is 0 Å². The van der Waals surface area contributed by atoms with Crippen LogP contribution < -0.4 is 0 Å². The number of esters is 1. The van der Waals surface area contributed by atoms with E-state index in [0.29, 0.717) is 0 Å². The summed E-state index contributed by atoms with van der Waals surface area (Å²) in [6.45, 7) is 8.14. The lowest BCUT2D eigenvalue weighted by atomic mass is 9.86. The maximum atomic E-state index is 11.9. The Morgan fingerprint density at radius 2 is 1.95 bits per heavy atom. The summed E-state index contributed by atoms with van der Waals surface area (Å²) < 4.78 is 4.88. The molecule has 1 aliphatic carbocycles. The Morgan fingerprint density at radius 3 is 2.38 bits per heavy atom. The summed E-state index contributed by atoms with van der Waals surface area (Å²) in [6, 6.07) is 7.72. The lowest BCUT2D eigenvalue weighted by Gasteiger charge is -2.19. The fourth-order valence-corrected chi connectivity index (χ4v) is 2.62. The number of hydrogen-bond donors (Lipinski definition) is 0. The molecule has 0 aliphatic heterocycles. The molecule has 5 heteroatoms. The van der Waals surface area contributed by atoms with E-state index in [9.17, 15) is 14.9 Å². The molecule has 0 heterocycles. The molecule has 114 valence electrons. The monoisotopic (exact) mass is 291 g/mol. The van der Waals surface area contributed by atoms with Gasteiger partial charge in [0.2, 0.25) is 0 Å². The van der Waals surface area contributed by atoms with E-state index >= 15 is 0 Å². The maximum Gasteiger partial charge on any atom is 0.385 e. The maximum absolute atomic E-state index is 11.9. The summed E-state index contributed by atoms with van der Waals surface area (Å²) in [4.78, 5) is 22.7. The molecule has 21 heavy (non-hydrogen) atoms. The average Bonchev–Trinajstić information content (AvgIpc) is 3.15. The van der Waals surface area contributed by atoms with Crippen molar-refractivity contribution >= 4 is 5.97 Å². The smallest absolute Gasteiger partial charge is 0.385 e. The van der Waals surface area contributed by atoms with Crippen LogP contribution >= 0.6 is 0 Å². The van der Waals surface area contributed by atoms with E-state index < -0.39 is 16.4 Å². The molecule has 0 radical (unpaired) electrons. The van der Waals surface area contributed by atoms with Gasteiger partial charge in [-0.05, 0) is 23.5 Å². The Bertz CT molecular complexity index is 559. The first-order valence-electron chi connectivity index (χ1n) is 7.15. The largest absolute Gasteiger partial charge is 0.461 e. The number of rotatable bonds is 4. The van der Waals surface area contributed by atoms with Crippen molar-refractivity contribution in [2.75, 3.05) is 6.61 Å². The standard InChI is InChI=1S/C16H21NO4/c1-5-21-14(18)16(17(19)20)10-13(16)11-6-8-12(9-7-11)15(2,3)4/h6-9,13H,5,10H2,1-4H3. The molecular formula is C16H21NO4. The molecule has 0 aromatic heterocycles. The van der Waals surface area contributed by atoms with Crippen LogP contribution in [0, 0.1) is 10.1 Å². The van der Waals surface area contributed by atoms with Crippen molar-refractivity contribution in [2.24, 2.45) is 0 Å². The van der Waals surface area contributed by atoms with Crippen molar-refractivity contribution in [1.82, 2.24) is 0 Å². The Labute approximate surface area is 124 Å². The average molecular weight is 291 g/mol. The van der Waals surface area contributed by atoms with Gasteiger partial charge in [-0.1, -0.05) is 45.0 Å². The summed E-state index contributed by atoms with van der Waals surface area (Å²) in [5.74, 6) is -1.11. The van der Waals surface area contributed by atoms with Crippen LogP contribution in [0.2, 0.25) is 0 Å². The number of nitro groups is 1. The van der Waals surface area contributed by atoms with E-state index in [4.69, 9.17) is 4.74 Å². The van der Waals surface area contributed by atoms with Crippen molar-refractivity contribution in [1.29, 1.82) is 0 Å². The second kappa shape index (κ2) is 5.13. The molecule has 0 saturated heterocycles.